The molecule has 2 N–H and O–H groups in total. The smallest absolute Gasteiger partial charge is 0.406 e. The largest absolute Gasteiger partial charge is 0.495 e. The van der Waals surface area contributed by atoms with Gasteiger partial charge in [0.15, 0.2) is 9.84 Å². The van der Waals surface area contributed by atoms with Crippen molar-refractivity contribution in [1.82, 2.24) is 14.4 Å². The van der Waals surface area contributed by atoms with Crippen molar-refractivity contribution in [1.29, 1.82) is 0 Å². The summed E-state index contributed by atoms with van der Waals surface area (Å²) in [6, 6.07) is 10.1. The van der Waals surface area contributed by atoms with Crippen LogP contribution in [0.1, 0.15) is 12.1 Å². The molecule has 1 aliphatic heterocycles. The summed E-state index contributed by atoms with van der Waals surface area (Å²) in [4.78, 5) is 15.7. The standard InChI is InChI=1S/C30H35F4N5O4S/c1-37(2)18-29(40)38-14-12-25(23(31)17-38)36-24-8-5-9-27-22(24)15-20(39(27)19-30(32,33)34)7-6-13-35-26-11-10-21(44(4,41)42)16-28(26)43-3/h5,8-11,15-16,23,25,35-36H,12-14,17-19H2,1-4H3/t23-,25+/m0/s1. The Bertz CT molecular complexity index is 1680. The van der Waals surface area contributed by atoms with Crippen LogP contribution in [-0.4, -0.2) is 101 Å². The van der Waals surface area contributed by atoms with E-state index >= 15 is 4.39 Å². The molecule has 0 radical (unpaired) electrons. The first-order valence-electron chi connectivity index (χ1n) is 13.8. The number of carbonyl (C=O) groups is 1. The van der Waals surface area contributed by atoms with Crippen molar-refractivity contribution in [3.05, 3.63) is 48.2 Å². The Labute approximate surface area is 254 Å². The molecule has 0 bridgehead atoms. The number of ether oxygens (including phenoxy) is 1. The van der Waals surface area contributed by atoms with Crippen molar-refractivity contribution in [3.8, 4) is 17.6 Å². The number of piperidine rings is 1. The molecule has 1 aliphatic rings. The Kier molecular flexibility index (Phi) is 10.00. The van der Waals surface area contributed by atoms with Crippen molar-refractivity contribution in [2.24, 2.45) is 0 Å². The number of nitrogens with zero attached hydrogens (tertiary/aromatic N) is 3. The molecule has 1 aromatic heterocycles. The van der Waals surface area contributed by atoms with Crippen LogP contribution in [0, 0.1) is 11.8 Å². The molecular formula is C30H35F4N5O4S. The number of amides is 1. The van der Waals surface area contributed by atoms with Gasteiger partial charge in [0.05, 0.1) is 54.6 Å². The van der Waals surface area contributed by atoms with Gasteiger partial charge in [-0.15, -0.1) is 0 Å². The number of carbonyl (C=O) groups excluding carboxylic acids is 1. The van der Waals surface area contributed by atoms with Crippen molar-refractivity contribution in [2.45, 2.75) is 36.3 Å². The molecule has 0 unspecified atom stereocenters. The zero-order valence-electron chi connectivity index (χ0n) is 24.8. The summed E-state index contributed by atoms with van der Waals surface area (Å²) in [5, 5.41) is 6.62. The lowest BCUT2D eigenvalue weighted by atomic mass is 10.0. The molecule has 14 heteroatoms. The van der Waals surface area contributed by atoms with Crippen LogP contribution in [0.3, 0.4) is 0 Å². The lowest BCUT2D eigenvalue weighted by Crippen LogP contribution is -2.51. The highest BCUT2D eigenvalue weighted by Gasteiger charge is 2.33. The molecular weight excluding hydrogens is 602 g/mol. The number of alkyl halides is 4. The van der Waals surface area contributed by atoms with Gasteiger partial charge in [-0.1, -0.05) is 12.0 Å². The van der Waals surface area contributed by atoms with Crippen LogP contribution in [0.2, 0.25) is 0 Å². The van der Waals surface area contributed by atoms with Crippen molar-refractivity contribution in [2.75, 3.05) is 64.3 Å². The highest BCUT2D eigenvalue weighted by atomic mass is 32.2. The van der Waals surface area contributed by atoms with Crippen molar-refractivity contribution < 1.29 is 35.5 Å². The molecule has 0 aliphatic carbocycles. The summed E-state index contributed by atoms with van der Waals surface area (Å²) in [5.74, 6) is 5.74. The number of fused-ring (bicyclic) bond motifs is 1. The second-order valence-electron chi connectivity index (χ2n) is 10.9. The SMILES string of the molecule is COc1cc(S(C)(=O)=O)ccc1NCC#Cc1cc2c(N[C@@H]3CCN(C(=O)CN(C)C)C[C@@H]3F)cccc2n1CC(F)(F)F. The summed E-state index contributed by atoms with van der Waals surface area (Å²) < 4.78 is 86.0. The molecule has 0 spiro atoms. The van der Waals surface area contributed by atoms with Crippen LogP contribution in [0.15, 0.2) is 47.4 Å². The van der Waals surface area contributed by atoms with Gasteiger partial charge in [-0.25, -0.2) is 12.8 Å². The van der Waals surface area contributed by atoms with Crippen LogP contribution in [0.4, 0.5) is 28.9 Å². The van der Waals surface area contributed by atoms with Gasteiger partial charge in [0.2, 0.25) is 5.91 Å². The zero-order valence-corrected chi connectivity index (χ0v) is 25.7. The van der Waals surface area contributed by atoms with E-state index < -0.39 is 34.8 Å². The molecule has 1 saturated heterocycles. The fraction of sp³-hybridized carbons (Fsp3) is 0.433. The number of hydrogen-bond donors (Lipinski definition) is 2. The Morgan fingerprint density at radius 2 is 1.91 bits per heavy atom. The van der Waals surface area contributed by atoms with Gasteiger partial charge in [0.25, 0.3) is 0 Å². The predicted octanol–water partition coefficient (Wildman–Crippen LogP) is 3.99. The number of benzene rings is 2. The first-order chi connectivity index (χ1) is 20.7. The molecule has 4 rings (SSSR count). The molecule has 9 nitrogen and oxygen atoms in total. The van der Waals surface area contributed by atoms with E-state index in [0.717, 1.165) is 10.8 Å². The number of halogens is 4. The van der Waals surface area contributed by atoms with Gasteiger partial charge in [0.1, 0.15) is 18.5 Å². The zero-order chi connectivity index (χ0) is 32.2. The lowest BCUT2D eigenvalue weighted by Gasteiger charge is -2.36. The third kappa shape index (κ3) is 8.15. The Morgan fingerprint density at radius 3 is 2.55 bits per heavy atom. The number of sulfone groups is 1. The van der Waals surface area contributed by atoms with Crippen molar-refractivity contribution >= 4 is 38.0 Å². The molecule has 3 aromatic rings. The maximum atomic E-state index is 15.2. The number of nitrogens with one attached hydrogen (secondary N) is 2. The van der Waals surface area contributed by atoms with E-state index in [1.54, 1.807) is 43.3 Å². The summed E-state index contributed by atoms with van der Waals surface area (Å²) in [6.07, 6.45) is -4.46. The maximum absolute atomic E-state index is 15.2. The van der Waals surface area contributed by atoms with Gasteiger partial charge < -0.3 is 29.7 Å². The third-order valence-corrected chi connectivity index (χ3v) is 8.26. The minimum Gasteiger partial charge on any atom is -0.495 e. The molecule has 1 fully saturated rings. The summed E-state index contributed by atoms with van der Waals surface area (Å²) in [6.45, 7) is -0.764. The molecule has 2 atom stereocenters. The first-order valence-corrected chi connectivity index (χ1v) is 15.7. The van der Waals surface area contributed by atoms with Gasteiger partial charge >= 0.3 is 6.18 Å². The van der Waals surface area contributed by atoms with E-state index in [4.69, 9.17) is 4.74 Å². The Morgan fingerprint density at radius 1 is 1.16 bits per heavy atom. The highest BCUT2D eigenvalue weighted by molar-refractivity contribution is 7.90. The van der Waals surface area contributed by atoms with E-state index in [1.807, 2.05) is 0 Å². The molecule has 2 aromatic carbocycles. The lowest BCUT2D eigenvalue weighted by molar-refractivity contribution is -0.140. The molecule has 0 saturated carbocycles. The van der Waals surface area contributed by atoms with E-state index in [9.17, 15) is 26.4 Å². The summed E-state index contributed by atoms with van der Waals surface area (Å²) in [5.41, 5.74) is 1.35. The number of hydrogen-bond acceptors (Lipinski definition) is 7. The van der Waals surface area contributed by atoms with E-state index in [-0.39, 0.29) is 47.4 Å². The molecule has 1 amide bonds. The normalized spacial score (nSPS) is 17.3. The fourth-order valence-electron chi connectivity index (χ4n) is 5.05. The first kappa shape index (κ1) is 32.9. The van der Waals surface area contributed by atoms with Crippen LogP contribution in [0.25, 0.3) is 10.9 Å². The quantitative estimate of drug-likeness (QED) is 0.271. The minimum atomic E-state index is -4.52. The predicted molar refractivity (Wildman–Crippen MR) is 162 cm³/mol. The summed E-state index contributed by atoms with van der Waals surface area (Å²) >= 11 is 0. The van der Waals surface area contributed by atoms with E-state index in [0.29, 0.717) is 29.7 Å². The van der Waals surface area contributed by atoms with E-state index in [1.165, 1.54) is 30.2 Å². The Balaban J connectivity index is 1.56. The molecule has 238 valence electrons. The number of methoxy groups -OCH3 is 1. The van der Waals surface area contributed by atoms with Crippen LogP contribution < -0.4 is 15.4 Å². The monoisotopic (exact) mass is 637 g/mol. The van der Waals surface area contributed by atoms with Crippen LogP contribution in [-0.2, 0) is 21.2 Å². The maximum Gasteiger partial charge on any atom is 0.406 e. The topological polar surface area (TPSA) is 95.9 Å². The second kappa shape index (κ2) is 13.4. The molecule has 2 heterocycles. The summed E-state index contributed by atoms with van der Waals surface area (Å²) in [7, 11) is 1.47. The van der Waals surface area contributed by atoms with Gasteiger partial charge in [-0.3, -0.25) is 4.79 Å². The van der Waals surface area contributed by atoms with Crippen LogP contribution in [0.5, 0.6) is 5.75 Å². The number of rotatable bonds is 9. The second-order valence-corrected chi connectivity index (χ2v) is 12.9. The highest BCUT2D eigenvalue weighted by Crippen LogP contribution is 2.32. The van der Waals surface area contributed by atoms with Gasteiger partial charge in [-0.2, -0.15) is 13.2 Å². The number of likely N-dealkylation sites (N-methyl/N-ethyl adjacent to an activating group) is 1. The third-order valence-electron chi connectivity index (χ3n) is 7.15. The molecule has 44 heavy (non-hydrogen) atoms. The van der Waals surface area contributed by atoms with Gasteiger partial charge in [-0.05, 0) is 56.8 Å². The van der Waals surface area contributed by atoms with Gasteiger partial charge in [0, 0.05) is 29.9 Å². The minimum absolute atomic E-state index is 0.0296. The average Bonchev–Trinajstić information content (AvgIpc) is 3.27. The van der Waals surface area contributed by atoms with E-state index in [2.05, 4.69) is 22.5 Å². The number of anilines is 2. The Hall–Kier alpha value is -3.96. The number of likely N-dealkylation sites (tertiary alicyclic amines) is 1. The average molecular weight is 638 g/mol. The van der Waals surface area contributed by atoms with Crippen LogP contribution >= 0.6 is 0 Å². The fourth-order valence-corrected chi connectivity index (χ4v) is 5.69. The number of aromatic nitrogens is 1. The van der Waals surface area contributed by atoms with Crippen molar-refractivity contribution in [3.63, 3.8) is 0 Å².